The Bertz CT molecular complexity index is 1340. The molecular formula is C23H17ClN4O5S. The van der Waals surface area contributed by atoms with Gasteiger partial charge in [-0.2, -0.15) is 0 Å². The van der Waals surface area contributed by atoms with E-state index in [2.05, 4.69) is 5.32 Å². The predicted octanol–water partition coefficient (Wildman–Crippen LogP) is 4.77. The Morgan fingerprint density at radius 2 is 1.91 bits per heavy atom. The normalized spacial score (nSPS) is 14.6. The third-order valence-electron chi connectivity index (χ3n) is 4.96. The number of rotatable bonds is 7. The molecular weight excluding hydrogens is 480 g/mol. The average Bonchev–Trinajstić information content (AvgIpc) is 3.33. The molecule has 9 nitrogen and oxygen atoms in total. The Hall–Kier alpha value is -3.89. The van der Waals surface area contributed by atoms with Gasteiger partial charge < -0.3 is 9.88 Å². The van der Waals surface area contributed by atoms with Crippen LogP contribution in [0.3, 0.4) is 0 Å². The fourth-order valence-corrected chi connectivity index (χ4v) is 4.40. The first-order chi connectivity index (χ1) is 16.3. The molecule has 0 unspecified atom stereocenters. The predicted molar refractivity (Wildman–Crippen MR) is 129 cm³/mol. The van der Waals surface area contributed by atoms with Crippen LogP contribution in [0.4, 0.5) is 16.2 Å². The number of nitrogens with one attached hydrogen (secondary N) is 1. The van der Waals surface area contributed by atoms with Gasteiger partial charge in [0.15, 0.2) is 0 Å². The lowest BCUT2D eigenvalue weighted by Gasteiger charge is -2.12. The van der Waals surface area contributed by atoms with Crippen molar-refractivity contribution in [1.29, 1.82) is 0 Å². The summed E-state index contributed by atoms with van der Waals surface area (Å²) in [6.07, 6.45) is 3.26. The molecule has 3 amide bonds. The molecule has 0 bridgehead atoms. The standard InChI is InChI=1S/C23H17ClN4O5S/c24-16-6-3-7-17(11-16)25-21(29)14-27-22(30)20(34-23(27)31)12-18-8-4-10-26(18)13-15-5-1-2-9-19(15)28(32)33/h1-12H,13-14H2,(H,25,29)/b20-12+. The molecule has 1 aliphatic rings. The number of imide groups is 1. The van der Waals surface area contributed by atoms with Crippen LogP contribution in [0.15, 0.2) is 71.8 Å². The van der Waals surface area contributed by atoms with Gasteiger partial charge in [-0.05, 0) is 48.2 Å². The number of anilines is 1. The summed E-state index contributed by atoms with van der Waals surface area (Å²) >= 11 is 6.63. The lowest BCUT2D eigenvalue weighted by Crippen LogP contribution is -2.36. The highest BCUT2D eigenvalue weighted by Gasteiger charge is 2.36. The van der Waals surface area contributed by atoms with E-state index in [4.69, 9.17) is 11.6 Å². The summed E-state index contributed by atoms with van der Waals surface area (Å²) in [5.74, 6) is -1.12. The highest BCUT2D eigenvalue weighted by Crippen LogP contribution is 2.32. The number of carbonyl (C=O) groups is 3. The molecule has 0 saturated carbocycles. The number of amides is 3. The lowest BCUT2D eigenvalue weighted by atomic mass is 10.2. The Morgan fingerprint density at radius 1 is 1.12 bits per heavy atom. The van der Waals surface area contributed by atoms with Crippen molar-refractivity contribution < 1.29 is 19.3 Å². The SMILES string of the molecule is O=C(CN1C(=O)S/C(=C/c2cccn2Cc2ccccc2[N+](=O)[O-])C1=O)Nc1cccc(Cl)c1. The van der Waals surface area contributed by atoms with Crippen LogP contribution in [0, 0.1) is 10.1 Å². The molecule has 1 saturated heterocycles. The third-order valence-corrected chi connectivity index (χ3v) is 6.10. The van der Waals surface area contributed by atoms with Gasteiger partial charge in [-0.25, -0.2) is 0 Å². The number of hydrogen-bond acceptors (Lipinski definition) is 6. The highest BCUT2D eigenvalue weighted by molar-refractivity contribution is 8.18. The summed E-state index contributed by atoms with van der Waals surface area (Å²) in [6.45, 7) is -0.229. The van der Waals surface area contributed by atoms with Gasteiger partial charge in [-0.15, -0.1) is 0 Å². The van der Waals surface area contributed by atoms with Crippen molar-refractivity contribution in [3.8, 4) is 0 Å². The highest BCUT2D eigenvalue weighted by atomic mass is 35.5. The van der Waals surface area contributed by atoms with Crippen LogP contribution in [0.2, 0.25) is 5.02 Å². The van der Waals surface area contributed by atoms with E-state index in [1.54, 1.807) is 65.4 Å². The van der Waals surface area contributed by atoms with Crippen LogP contribution in [0.1, 0.15) is 11.3 Å². The van der Waals surface area contributed by atoms with Crippen LogP contribution in [0.25, 0.3) is 6.08 Å². The molecule has 1 N–H and O–H groups in total. The van der Waals surface area contributed by atoms with Crippen molar-refractivity contribution in [3.63, 3.8) is 0 Å². The molecule has 0 spiro atoms. The molecule has 1 fully saturated rings. The van der Waals surface area contributed by atoms with Crippen LogP contribution >= 0.6 is 23.4 Å². The average molecular weight is 497 g/mol. The van der Waals surface area contributed by atoms with Crippen molar-refractivity contribution in [1.82, 2.24) is 9.47 Å². The van der Waals surface area contributed by atoms with Gasteiger partial charge >= 0.3 is 0 Å². The number of halogens is 1. The second kappa shape index (κ2) is 9.94. The fraction of sp³-hybridized carbons (Fsp3) is 0.0870. The number of nitro benzene ring substituents is 1. The molecule has 172 valence electrons. The van der Waals surface area contributed by atoms with Gasteiger partial charge in [0.05, 0.1) is 16.4 Å². The summed E-state index contributed by atoms with van der Waals surface area (Å²) in [5, 5.41) is 13.8. The van der Waals surface area contributed by atoms with E-state index in [-0.39, 0.29) is 17.1 Å². The van der Waals surface area contributed by atoms with Crippen molar-refractivity contribution in [2.24, 2.45) is 0 Å². The number of thioether (sulfide) groups is 1. The number of aromatic nitrogens is 1. The van der Waals surface area contributed by atoms with Crippen molar-refractivity contribution in [2.75, 3.05) is 11.9 Å². The van der Waals surface area contributed by atoms with Crippen molar-refractivity contribution in [2.45, 2.75) is 6.54 Å². The maximum Gasteiger partial charge on any atom is 0.294 e. The Labute approximate surface area is 203 Å². The molecule has 1 aromatic heterocycles. The molecule has 0 aliphatic carbocycles. The number of carbonyl (C=O) groups excluding carboxylic acids is 3. The number of nitrogens with zero attached hydrogens (tertiary/aromatic N) is 3. The van der Waals surface area contributed by atoms with Gasteiger partial charge in [0, 0.05) is 34.2 Å². The van der Waals surface area contributed by atoms with Crippen LogP contribution in [-0.4, -0.2) is 38.0 Å². The van der Waals surface area contributed by atoms with Gasteiger partial charge in [0.25, 0.3) is 16.8 Å². The topological polar surface area (TPSA) is 115 Å². The number of benzene rings is 2. The number of para-hydroxylation sites is 1. The van der Waals surface area contributed by atoms with E-state index in [0.717, 1.165) is 16.7 Å². The first-order valence-corrected chi connectivity index (χ1v) is 11.2. The minimum atomic E-state index is -0.588. The summed E-state index contributed by atoms with van der Waals surface area (Å²) < 4.78 is 1.74. The van der Waals surface area contributed by atoms with E-state index < -0.39 is 28.5 Å². The minimum Gasteiger partial charge on any atom is -0.343 e. The minimum absolute atomic E-state index is 0.00631. The molecule has 3 aromatic rings. The molecule has 2 aromatic carbocycles. The van der Waals surface area contributed by atoms with Gasteiger partial charge in [0.2, 0.25) is 5.91 Å². The van der Waals surface area contributed by atoms with E-state index in [1.165, 1.54) is 12.1 Å². The summed E-state index contributed by atoms with van der Waals surface area (Å²) in [7, 11) is 0. The molecule has 11 heteroatoms. The first-order valence-electron chi connectivity index (χ1n) is 10.00. The second-order valence-electron chi connectivity index (χ2n) is 7.27. The van der Waals surface area contributed by atoms with Gasteiger partial charge in [-0.1, -0.05) is 35.9 Å². The molecule has 0 atom stereocenters. The Balaban J connectivity index is 1.48. The first kappa shape index (κ1) is 23.3. The maximum absolute atomic E-state index is 12.8. The zero-order chi connectivity index (χ0) is 24.2. The zero-order valence-electron chi connectivity index (χ0n) is 17.5. The molecule has 0 radical (unpaired) electrons. The number of nitro groups is 1. The maximum atomic E-state index is 12.8. The molecule has 4 rings (SSSR count). The van der Waals surface area contributed by atoms with Crippen LogP contribution in [-0.2, 0) is 16.1 Å². The smallest absolute Gasteiger partial charge is 0.294 e. The third kappa shape index (κ3) is 5.19. The molecule has 1 aliphatic heterocycles. The van der Waals surface area contributed by atoms with Crippen LogP contribution < -0.4 is 5.32 Å². The van der Waals surface area contributed by atoms with Crippen molar-refractivity contribution >= 4 is 57.9 Å². The summed E-state index contributed by atoms with van der Waals surface area (Å²) in [6, 6.07) is 16.4. The lowest BCUT2D eigenvalue weighted by molar-refractivity contribution is -0.385. The molecule has 34 heavy (non-hydrogen) atoms. The summed E-state index contributed by atoms with van der Waals surface area (Å²) in [5.41, 5.74) is 1.54. The van der Waals surface area contributed by atoms with Gasteiger partial charge in [0.1, 0.15) is 6.54 Å². The molecule has 2 heterocycles. The van der Waals surface area contributed by atoms with E-state index in [0.29, 0.717) is 22.0 Å². The fourth-order valence-electron chi connectivity index (χ4n) is 3.39. The van der Waals surface area contributed by atoms with Gasteiger partial charge in [-0.3, -0.25) is 29.4 Å². The summed E-state index contributed by atoms with van der Waals surface area (Å²) in [4.78, 5) is 49.4. The van der Waals surface area contributed by atoms with Crippen LogP contribution in [0.5, 0.6) is 0 Å². The van der Waals surface area contributed by atoms with E-state index in [9.17, 15) is 24.5 Å². The monoisotopic (exact) mass is 496 g/mol. The Kier molecular flexibility index (Phi) is 6.80. The number of hydrogen-bond donors (Lipinski definition) is 1. The second-order valence-corrected chi connectivity index (χ2v) is 8.70. The van der Waals surface area contributed by atoms with E-state index >= 15 is 0 Å². The Morgan fingerprint density at radius 3 is 2.68 bits per heavy atom. The quantitative estimate of drug-likeness (QED) is 0.286. The largest absolute Gasteiger partial charge is 0.343 e. The van der Waals surface area contributed by atoms with E-state index in [1.807, 2.05) is 0 Å². The van der Waals surface area contributed by atoms with Crippen molar-refractivity contribution in [3.05, 3.63) is 98.2 Å². The zero-order valence-corrected chi connectivity index (χ0v) is 19.1.